The molecule has 1 N–H and O–H groups in total. The van der Waals surface area contributed by atoms with Gasteiger partial charge < -0.3 is 19.5 Å². The number of hydrogen-bond donors (Lipinski definition) is 1. The molecule has 0 saturated heterocycles. The molecule has 4 rings (SSSR count). The predicted octanol–water partition coefficient (Wildman–Crippen LogP) is 7.61. The van der Waals surface area contributed by atoms with Crippen LogP contribution in [0.4, 0.5) is 5.69 Å². The fourth-order valence-electron chi connectivity index (χ4n) is 3.24. The lowest BCUT2D eigenvalue weighted by molar-refractivity contribution is 0.102. The number of nitrogens with one attached hydrogen (secondary N) is 1. The molecule has 0 heterocycles. The molecule has 5 nitrogen and oxygen atoms in total. The van der Waals surface area contributed by atoms with Gasteiger partial charge in [0.25, 0.3) is 5.91 Å². The molecule has 5 heteroatoms. The molecule has 0 aliphatic rings. The highest BCUT2D eigenvalue weighted by atomic mass is 16.7. The molecule has 182 valence electrons. The zero-order valence-corrected chi connectivity index (χ0v) is 18.6. The van der Waals surface area contributed by atoms with Crippen LogP contribution >= 0.6 is 0 Å². The van der Waals surface area contributed by atoms with E-state index in [2.05, 4.69) is 5.32 Å². The number of anilines is 1. The molecule has 0 unspecified atom stereocenters. The van der Waals surface area contributed by atoms with Crippen LogP contribution in [0.3, 0.4) is 0 Å². The third-order valence-corrected chi connectivity index (χ3v) is 5.15. The van der Waals surface area contributed by atoms with E-state index < -0.39 is 0 Å². The molecule has 0 aliphatic heterocycles. The van der Waals surface area contributed by atoms with Crippen molar-refractivity contribution in [2.24, 2.45) is 0 Å². The van der Waals surface area contributed by atoms with E-state index in [1.54, 1.807) is 31.4 Å². The second kappa shape index (κ2) is 12.8. The van der Waals surface area contributed by atoms with Crippen molar-refractivity contribution in [2.75, 3.05) is 19.2 Å². The Hall–Kier alpha value is -4.25. The Morgan fingerprint density at radius 2 is 1.11 bits per heavy atom. The molecule has 0 bridgehead atoms. The standard InChI is InChI=1S/C28H25NO4.2CH4/c1-20-3-13-26(14-4-20)32-19-33-27-15-9-22(10-16-27)21-5-7-23(8-6-21)28(30)29-24-11-17-25(31-2)18-12-24;;/h3-18H,19H2,1-2H3,(H,29,30);2*1H4. The molecular formula is C30H33NO4. The minimum absolute atomic E-state index is 0. The van der Waals surface area contributed by atoms with Crippen molar-refractivity contribution in [3.05, 3.63) is 108 Å². The zero-order valence-electron chi connectivity index (χ0n) is 18.6. The van der Waals surface area contributed by atoms with Gasteiger partial charge in [-0.25, -0.2) is 0 Å². The Balaban J connectivity index is 0.00000216. The number of rotatable bonds is 8. The number of carbonyl (C=O) groups is 1. The quantitative estimate of drug-likeness (QED) is 0.269. The van der Waals surface area contributed by atoms with Crippen LogP contribution < -0.4 is 19.5 Å². The van der Waals surface area contributed by atoms with Crippen LogP contribution in [0.25, 0.3) is 11.1 Å². The summed E-state index contributed by atoms with van der Waals surface area (Å²) < 4.78 is 16.4. The lowest BCUT2D eigenvalue weighted by atomic mass is 10.0. The first-order chi connectivity index (χ1) is 16.1. The lowest BCUT2D eigenvalue weighted by Gasteiger charge is -2.10. The Morgan fingerprint density at radius 1 is 0.657 bits per heavy atom. The van der Waals surface area contributed by atoms with Crippen molar-refractivity contribution in [1.82, 2.24) is 0 Å². The van der Waals surface area contributed by atoms with Crippen LogP contribution in [-0.2, 0) is 0 Å². The van der Waals surface area contributed by atoms with Crippen molar-refractivity contribution in [3.63, 3.8) is 0 Å². The van der Waals surface area contributed by atoms with Gasteiger partial charge in [0.1, 0.15) is 17.2 Å². The smallest absolute Gasteiger partial charge is 0.255 e. The summed E-state index contributed by atoms with van der Waals surface area (Å²) in [5, 5.41) is 2.89. The number of benzene rings is 4. The van der Waals surface area contributed by atoms with Crippen molar-refractivity contribution in [1.29, 1.82) is 0 Å². The van der Waals surface area contributed by atoms with Crippen LogP contribution in [0.1, 0.15) is 30.8 Å². The van der Waals surface area contributed by atoms with Gasteiger partial charge in [-0.2, -0.15) is 0 Å². The van der Waals surface area contributed by atoms with Crippen molar-refractivity contribution < 1.29 is 19.0 Å². The zero-order chi connectivity index (χ0) is 23.0. The second-order valence-electron chi connectivity index (χ2n) is 7.50. The second-order valence-corrected chi connectivity index (χ2v) is 7.50. The van der Waals surface area contributed by atoms with Gasteiger partial charge in [-0.3, -0.25) is 4.79 Å². The SMILES string of the molecule is C.C.COc1ccc(NC(=O)c2ccc(-c3ccc(OCOc4ccc(C)cc4)cc3)cc2)cc1. The van der Waals surface area contributed by atoms with Crippen molar-refractivity contribution >= 4 is 11.6 Å². The molecular weight excluding hydrogens is 438 g/mol. The van der Waals surface area contributed by atoms with Crippen LogP contribution in [-0.4, -0.2) is 19.8 Å². The van der Waals surface area contributed by atoms with Gasteiger partial charge in [0, 0.05) is 11.3 Å². The number of hydrogen-bond acceptors (Lipinski definition) is 4. The number of ether oxygens (including phenoxy) is 3. The van der Waals surface area contributed by atoms with Gasteiger partial charge >= 0.3 is 0 Å². The van der Waals surface area contributed by atoms with Crippen LogP contribution in [0.15, 0.2) is 97.1 Å². The molecule has 0 aromatic heterocycles. The number of carbonyl (C=O) groups excluding carboxylic acids is 1. The van der Waals surface area contributed by atoms with Gasteiger partial charge in [-0.15, -0.1) is 0 Å². The molecule has 0 atom stereocenters. The highest BCUT2D eigenvalue weighted by Crippen LogP contribution is 2.24. The molecule has 0 spiro atoms. The van der Waals surface area contributed by atoms with E-state index in [-0.39, 0.29) is 27.6 Å². The number of amides is 1. The van der Waals surface area contributed by atoms with Crippen LogP contribution in [0.2, 0.25) is 0 Å². The van der Waals surface area contributed by atoms with Gasteiger partial charge in [-0.1, -0.05) is 56.8 Å². The fraction of sp³-hybridized carbons (Fsp3) is 0.167. The fourth-order valence-corrected chi connectivity index (χ4v) is 3.24. The van der Waals surface area contributed by atoms with Gasteiger partial charge in [0.05, 0.1) is 7.11 Å². The highest BCUT2D eigenvalue weighted by molar-refractivity contribution is 6.04. The third kappa shape index (κ3) is 7.37. The lowest BCUT2D eigenvalue weighted by Crippen LogP contribution is -2.11. The van der Waals surface area contributed by atoms with Crippen molar-refractivity contribution in [2.45, 2.75) is 21.8 Å². The largest absolute Gasteiger partial charge is 0.497 e. The first-order valence-electron chi connectivity index (χ1n) is 10.6. The van der Waals surface area contributed by atoms with Gasteiger partial charge in [0.15, 0.2) is 0 Å². The predicted molar refractivity (Wildman–Crippen MR) is 144 cm³/mol. The molecule has 4 aromatic rings. The first-order valence-corrected chi connectivity index (χ1v) is 10.6. The van der Waals surface area contributed by atoms with E-state index in [9.17, 15) is 4.79 Å². The molecule has 1 amide bonds. The number of aryl methyl sites for hydroxylation is 1. The summed E-state index contributed by atoms with van der Waals surface area (Å²) >= 11 is 0. The Morgan fingerprint density at radius 3 is 1.63 bits per heavy atom. The monoisotopic (exact) mass is 471 g/mol. The van der Waals surface area contributed by atoms with E-state index in [0.717, 1.165) is 28.4 Å². The summed E-state index contributed by atoms with van der Waals surface area (Å²) in [6, 6.07) is 30.3. The van der Waals surface area contributed by atoms with Crippen LogP contribution in [0, 0.1) is 6.92 Å². The minimum atomic E-state index is -0.163. The maximum atomic E-state index is 12.5. The first kappa shape index (κ1) is 27.0. The summed E-state index contributed by atoms with van der Waals surface area (Å²) in [5.41, 5.74) is 4.53. The highest BCUT2D eigenvalue weighted by Gasteiger charge is 2.07. The van der Waals surface area contributed by atoms with Crippen LogP contribution in [0.5, 0.6) is 17.2 Å². The summed E-state index contributed by atoms with van der Waals surface area (Å²) in [7, 11) is 1.61. The van der Waals surface area contributed by atoms with E-state index >= 15 is 0 Å². The molecule has 0 fully saturated rings. The Labute approximate surface area is 208 Å². The van der Waals surface area contributed by atoms with Crippen molar-refractivity contribution in [3.8, 4) is 28.4 Å². The molecule has 0 saturated carbocycles. The van der Waals surface area contributed by atoms with Gasteiger partial charge in [-0.05, 0) is 78.7 Å². The normalized spacial score (nSPS) is 9.77. The maximum absolute atomic E-state index is 12.5. The molecule has 0 radical (unpaired) electrons. The van der Waals surface area contributed by atoms with E-state index in [1.807, 2.05) is 79.7 Å². The number of methoxy groups -OCH3 is 1. The van der Waals surface area contributed by atoms with E-state index in [0.29, 0.717) is 11.3 Å². The molecule has 0 aliphatic carbocycles. The van der Waals surface area contributed by atoms with E-state index in [1.165, 1.54) is 5.56 Å². The minimum Gasteiger partial charge on any atom is -0.497 e. The van der Waals surface area contributed by atoms with Gasteiger partial charge in [0.2, 0.25) is 6.79 Å². The summed E-state index contributed by atoms with van der Waals surface area (Å²) in [6.07, 6.45) is 0. The van der Waals surface area contributed by atoms with E-state index in [4.69, 9.17) is 14.2 Å². The summed E-state index contributed by atoms with van der Waals surface area (Å²) in [5.74, 6) is 2.08. The summed E-state index contributed by atoms with van der Waals surface area (Å²) in [6.45, 7) is 2.17. The average Bonchev–Trinajstić information content (AvgIpc) is 2.86. The molecule has 4 aromatic carbocycles. The average molecular weight is 472 g/mol. The summed E-state index contributed by atoms with van der Waals surface area (Å²) in [4.78, 5) is 12.5. The molecule has 35 heavy (non-hydrogen) atoms. The topological polar surface area (TPSA) is 56.8 Å². The Kier molecular flexibility index (Phi) is 9.91. The maximum Gasteiger partial charge on any atom is 0.255 e. The Bertz CT molecular complexity index is 1180. The third-order valence-electron chi connectivity index (χ3n) is 5.15.